The second-order valence-electron chi connectivity index (χ2n) is 12.3. The lowest BCUT2D eigenvalue weighted by atomic mass is 9.85. The zero-order valence-electron chi connectivity index (χ0n) is 29.8. The van der Waals surface area contributed by atoms with E-state index in [1.807, 2.05) is 94.1 Å². The van der Waals surface area contributed by atoms with Gasteiger partial charge >= 0.3 is 5.97 Å². The Bertz CT molecular complexity index is 1690. The second-order valence-corrected chi connectivity index (χ2v) is 23.0. The van der Waals surface area contributed by atoms with Crippen LogP contribution in [0.15, 0.2) is 84.1 Å². The molecule has 3 aliphatic carbocycles. The molecule has 2 heterocycles. The highest BCUT2D eigenvalue weighted by molar-refractivity contribution is 8.41. The summed E-state index contributed by atoms with van der Waals surface area (Å²) in [6.45, 7) is 11.0. The maximum Gasteiger partial charge on any atom is 0.348 e. The average Bonchev–Trinajstić information content (AvgIpc) is 3.68. The van der Waals surface area contributed by atoms with Crippen LogP contribution in [0.4, 0.5) is 0 Å². The summed E-state index contributed by atoms with van der Waals surface area (Å²) in [7, 11) is 0. The molecule has 0 fully saturated rings. The van der Waals surface area contributed by atoms with Crippen LogP contribution in [0.2, 0.25) is 0 Å². The number of esters is 1. The van der Waals surface area contributed by atoms with Crippen molar-refractivity contribution in [3.63, 3.8) is 0 Å². The summed E-state index contributed by atoms with van der Waals surface area (Å²) in [5, 5.41) is 10.3. The van der Waals surface area contributed by atoms with Crippen LogP contribution >= 0.6 is 94.1 Å². The van der Waals surface area contributed by atoms with Crippen molar-refractivity contribution in [1.29, 1.82) is 5.26 Å². The maximum absolute atomic E-state index is 13.1. The molecular weight excluding hydrogens is 783 g/mol. The van der Waals surface area contributed by atoms with E-state index in [1.165, 1.54) is 58.8 Å². The number of thioether (sulfide) groups is 8. The van der Waals surface area contributed by atoms with Crippen molar-refractivity contribution in [2.24, 2.45) is 0 Å². The van der Waals surface area contributed by atoms with Gasteiger partial charge < -0.3 is 4.74 Å². The van der Waals surface area contributed by atoms with Gasteiger partial charge in [-0.1, -0.05) is 111 Å². The third kappa shape index (κ3) is 9.96. The molecule has 268 valence electrons. The van der Waals surface area contributed by atoms with Crippen LogP contribution in [0.5, 0.6) is 0 Å². The lowest BCUT2D eigenvalue weighted by Gasteiger charge is -2.22. The summed E-state index contributed by atoms with van der Waals surface area (Å²) in [6, 6.07) is 16.4. The summed E-state index contributed by atoms with van der Waals surface area (Å²) >= 11 is 15.8. The van der Waals surface area contributed by atoms with Gasteiger partial charge in [-0.25, -0.2) is 4.79 Å². The summed E-state index contributed by atoms with van der Waals surface area (Å²) in [6.07, 6.45) is 4.57. The molecule has 3 nitrogen and oxygen atoms in total. The number of fused-ring (bicyclic) bond motifs is 6. The Balaban J connectivity index is 1.52. The van der Waals surface area contributed by atoms with Gasteiger partial charge in [0.15, 0.2) is 0 Å². The van der Waals surface area contributed by atoms with E-state index in [-0.39, 0.29) is 12.2 Å². The topological polar surface area (TPSA) is 50.1 Å². The summed E-state index contributed by atoms with van der Waals surface area (Å²) in [5.74, 6) is 3.77. The number of ether oxygens (including phenoxy) is 1. The number of rotatable bonds is 10. The van der Waals surface area contributed by atoms with Crippen LogP contribution in [-0.2, 0) is 48.1 Å². The molecule has 0 atom stereocenters. The SMILES string of the molecule is CCOC(=O)C(C#N)=C1Cc2cc3cc(c2)CC(=C2SC(SCC)=C(SCC)S2)Cc2cc(cc(c2)C1)CC(=C1SC(SCC)=C(SCC)S1)C3. The molecule has 0 amide bonds. The van der Waals surface area contributed by atoms with E-state index in [0.29, 0.717) is 12.8 Å². The molecule has 2 aromatic rings. The first-order valence-corrected chi connectivity index (χ1v) is 24.7. The van der Waals surface area contributed by atoms with Crippen LogP contribution in [0.25, 0.3) is 0 Å². The molecule has 11 heteroatoms. The van der Waals surface area contributed by atoms with Crippen molar-refractivity contribution in [1.82, 2.24) is 0 Å². The molecule has 6 bridgehead atoms. The molecule has 0 saturated carbocycles. The number of allylic oxidation sites excluding steroid dienone is 3. The quantitative estimate of drug-likeness (QED) is 0.131. The first-order valence-electron chi connectivity index (χ1n) is 17.5. The Hall–Kier alpha value is -1.10. The fourth-order valence-corrected chi connectivity index (χ4v) is 18.0. The lowest BCUT2D eigenvalue weighted by molar-refractivity contribution is -0.138. The fourth-order valence-electron chi connectivity index (χ4n) is 6.61. The molecule has 0 spiro atoms. The smallest absolute Gasteiger partial charge is 0.348 e. The zero-order valence-corrected chi connectivity index (χ0v) is 36.3. The van der Waals surface area contributed by atoms with Crippen molar-refractivity contribution < 1.29 is 9.53 Å². The van der Waals surface area contributed by atoms with Crippen molar-refractivity contribution in [2.75, 3.05) is 29.6 Å². The van der Waals surface area contributed by atoms with E-state index in [1.54, 1.807) is 6.92 Å². The van der Waals surface area contributed by atoms with E-state index < -0.39 is 5.97 Å². The molecule has 0 unspecified atom stereocenters. The van der Waals surface area contributed by atoms with Gasteiger partial charge in [0.25, 0.3) is 0 Å². The van der Waals surface area contributed by atoms with Gasteiger partial charge in [0, 0.05) is 0 Å². The largest absolute Gasteiger partial charge is 0.462 e. The van der Waals surface area contributed by atoms with Crippen molar-refractivity contribution in [3.8, 4) is 6.07 Å². The van der Waals surface area contributed by atoms with Crippen LogP contribution in [0.1, 0.15) is 68.0 Å². The van der Waals surface area contributed by atoms with Gasteiger partial charge in [-0.2, -0.15) is 5.26 Å². The van der Waals surface area contributed by atoms with Crippen molar-refractivity contribution in [3.05, 3.63) is 117 Å². The molecule has 0 N–H and O–H groups in total. The predicted molar refractivity (Wildman–Crippen MR) is 235 cm³/mol. The highest BCUT2D eigenvalue weighted by Crippen LogP contribution is 2.60. The highest BCUT2D eigenvalue weighted by Gasteiger charge is 2.28. The van der Waals surface area contributed by atoms with Crippen LogP contribution in [0.3, 0.4) is 0 Å². The Labute approximate surface area is 338 Å². The van der Waals surface area contributed by atoms with Crippen molar-refractivity contribution in [2.45, 2.75) is 73.1 Å². The van der Waals surface area contributed by atoms with Gasteiger partial charge in [-0.3, -0.25) is 0 Å². The standard InChI is InChI=1S/C40H43NO2S8/c1-6-43-34(42)33(23-41)30-17-24-11-26-15-28(13-24)21-32(36-50-39(46-9-4)40(51-36)47-10-5)22-29-14-25(18-30)12-27(16-29)20-31(19-26)35-48-37(44-7-2)38(49-35)45-8-3/h11-16H,6-10,17-22H2,1-5H3. The average molecular weight is 826 g/mol. The monoisotopic (exact) mass is 825 g/mol. The van der Waals surface area contributed by atoms with Crippen molar-refractivity contribution >= 4 is 100 Å². The molecule has 5 aliphatic rings. The predicted octanol–water partition coefficient (Wildman–Crippen LogP) is 12.7. The molecule has 0 aromatic heterocycles. The molecule has 0 radical (unpaired) electrons. The van der Waals surface area contributed by atoms with Gasteiger partial charge in [0.05, 0.1) is 32.0 Å². The Kier molecular flexibility index (Phi) is 14.7. The lowest BCUT2D eigenvalue weighted by Crippen LogP contribution is -2.13. The fraction of sp³-hybridized carbons (Fsp3) is 0.400. The number of hydrogen-bond donors (Lipinski definition) is 0. The summed E-state index contributed by atoms with van der Waals surface area (Å²) in [5.41, 5.74) is 11.5. The normalized spacial score (nSPS) is 17.5. The van der Waals surface area contributed by atoms with E-state index >= 15 is 0 Å². The van der Waals surface area contributed by atoms with Crippen LogP contribution in [0, 0.1) is 11.3 Å². The van der Waals surface area contributed by atoms with E-state index in [4.69, 9.17) is 4.74 Å². The maximum atomic E-state index is 13.1. The Morgan fingerprint density at radius 2 is 0.902 bits per heavy atom. The summed E-state index contributed by atoms with van der Waals surface area (Å²) < 4.78 is 14.1. The number of carbonyl (C=O) groups excluding carboxylic acids is 1. The van der Waals surface area contributed by atoms with Crippen LogP contribution < -0.4 is 0 Å². The molecule has 51 heavy (non-hydrogen) atoms. The molecule has 2 aromatic carbocycles. The zero-order chi connectivity index (χ0) is 35.9. The second kappa shape index (κ2) is 19.0. The minimum absolute atomic E-state index is 0.147. The third-order valence-electron chi connectivity index (χ3n) is 8.43. The van der Waals surface area contributed by atoms with Crippen LogP contribution in [-0.4, -0.2) is 35.6 Å². The van der Waals surface area contributed by atoms with E-state index in [9.17, 15) is 10.1 Å². The first-order chi connectivity index (χ1) is 24.8. The third-order valence-corrected chi connectivity index (χ3v) is 19.4. The first kappa shape index (κ1) is 39.6. The molecule has 2 aliphatic heterocycles. The highest BCUT2D eigenvalue weighted by atomic mass is 32.3. The minimum atomic E-state index is -0.519. The Morgan fingerprint density at radius 3 is 1.18 bits per heavy atom. The number of hydrogen-bond acceptors (Lipinski definition) is 11. The minimum Gasteiger partial charge on any atom is -0.462 e. The number of nitrogens with zero attached hydrogens (tertiary/aromatic N) is 1. The van der Waals surface area contributed by atoms with E-state index in [2.05, 4.69) is 70.2 Å². The Morgan fingerprint density at radius 1 is 0.588 bits per heavy atom. The van der Waals surface area contributed by atoms with Gasteiger partial charge in [-0.05, 0) is 119 Å². The van der Waals surface area contributed by atoms with Gasteiger partial charge in [-0.15, -0.1) is 47.0 Å². The van der Waals surface area contributed by atoms with Gasteiger partial charge in [0.2, 0.25) is 0 Å². The molecule has 0 saturated heterocycles. The summed E-state index contributed by atoms with van der Waals surface area (Å²) in [4.78, 5) is 13.1. The number of nitriles is 1. The molecule has 7 rings (SSSR count). The molecular formula is C40H43NO2S8. The van der Waals surface area contributed by atoms with E-state index in [0.717, 1.165) is 65.4 Å². The number of carbonyl (C=O) groups is 1. The number of benzene rings is 2. The van der Waals surface area contributed by atoms with Gasteiger partial charge in [0.1, 0.15) is 11.6 Å².